The maximum Gasteiger partial charge on any atom is 0.275 e. The zero-order valence-corrected chi connectivity index (χ0v) is 20.3. The van der Waals surface area contributed by atoms with Gasteiger partial charge in [-0.15, -0.1) is 0 Å². The van der Waals surface area contributed by atoms with Gasteiger partial charge in [-0.3, -0.25) is 19.6 Å². The molecule has 0 aliphatic carbocycles. The number of nitrogens with zero attached hydrogens (tertiary/aromatic N) is 1. The van der Waals surface area contributed by atoms with Crippen molar-refractivity contribution >= 4 is 29.1 Å². The number of hydroxylamine groups is 1. The van der Waals surface area contributed by atoms with Gasteiger partial charge in [-0.1, -0.05) is 42.5 Å². The van der Waals surface area contributed by atoms with Gasteiger partial charge in [-0.2, -0.15) is 0 Å². The number of benzene rings is 3. The second kappa shape index (κ2) is 12.9. The monoisotopic (exact) mass is 489 g/mol. The molecule has 1 unspecified atom stereocenters. The highest BCUT2D eigenvalue weighted by atomic mass is 16.5. The fourth-order valence-electron chi connectivity index (χ4n) is 3.69. The van der Waals surface area contributed by atoms with Gasteiger partial charge in [0.2, 0.25) is 0 Å². The lowest BCUT2D eigenvalue weighted by Gasteiger charge is -2.25. The zero-order chi connectivity index (χ0) is 25.9. The SMILES string of the molecule is CNC(=O)C(C(=O)NO)N(C)C(=O)c1ccc(-c2ccc(NCCCNc3ccccc3)cc2)cc1. The van der Waals surface area contributed by atoms with Crippen molar-refractivity contribution < 1.29 is 19.6 Å². The molecule has 3 aromatic carbocycles. The van der Waals surface area contributed by atoms with Crippen molar-refractivity contribution in [2.75, 3.05) is 37.8 Å². The normalized spacial score (nSPS) is 11.2. The highest BCUT2D eigenvalue weighted by Crippen LogP contribution is 2.22. The summed E-state index contributed by atoms with van der Waals surface area (Å²) in [7, 11) is 2.67. The number of carbonyl (C=O) groups excluding carboxylic acids is 3. The highest BCUT2D eigenvalue weighted by molar-refractivity contribution is 6.08. The van der Waals surface area contributed by atoms with Crippen molar-refractivity contribution in [3.05, 3.63) is 84.4 Å². The number of anilines is 2. The van der Waals surface area contributed by atoms with Crippen LogP contribution in [0.2, 0.25) is 0 Å². The maximum absolute atomic E-state index is 12.8. The van der Waals surface area contributed by atoms with Crippen LogP contribution in [0.3, 0.4) is 0 Å². The topological polar surface area (TPSA) is 123 Å². The fraction of sp³-hybridized carbons (Fsp3) is 0.222. The molecule has 0 aromatic heterocycles. The molecule has 3 rings (SSSR count). The Morgan fingerprint density at radius 1 is 0.778 bits per heavy atom. The summed E-state index contributed by atoms with van der Waals surface area (Å²) in [5.74, 6) is -2.24. The molecule has 0 fully saturated rings. The molecular weight excluding hydrogens is 458 g/mol. The van der Waals surface area contributed by atoms with E-state index in [4.69, 9.17) is 5.21 Å². The van der Waals surface area contributed by atoms with E-state index in [1.54, 1.807) is 24.3 Å². The third kappa shape index (κ3) is 6.83. The van der Waals surface area contributed by atoms with E-state index in [2.05, 4.69) is 16.0 Å². The van der Waals surface area contributed by atoms with Crippen LogP contribution >= 0.6 is 0 Å². The number of hydrogen-bond donors (Lipinski definition) is 5. The van der Waals surface area contributed by atoms with E-state index >= 15 is 0 Å². The molecule has 36 heavy (non-hydrogen) atoms. The summed E-state index contributed by atoms with van der Waals surface area (Å²) in [4.78, 5) is 37.7. The molecular formula is C27H31N5O4. The molecule has 1 atom stereocenters. The minimum absolute atomic E-state index is 0.309. The first-order chi connectivity index (χ1) is 17.4. The summed E-state index contributed by atoms with van der Waals surface area (Å²) in [6.45, 7) is 1.72. The summed E-state index contributed by atoms with van der Waals surface area (Å²) in [5, 5.41) is 18.0. The molecule has 188 valence electrons. The highest BCUT2D eigenvalue weighted by Gasteiger charge is 2.33. The number of likely N-dealkylation sites (N-methyl/N-ethyl adjacent to an activating group) is 2. The van der Waals surface area contributed by atoms with E-state index in [1.165, 1.54) is 19.6 Å². The predicted molar refractivity (Wildman–Crippen MR) is 140 cm³/mol. The van der Waals surface area contributed by atoms with Gasteiger partial charge in [0, 0.05) is 44.1 Å². The standard InChI is InChI=1S/C27H31N5O4/c1-28-25(33)24(26(34)31-36)32(2)27(35)21-11-9-19(10-12-21)20-13-15-23(16-14-20)30-18-6-17-29-22-7-4-3-5-8-22/h3-5,7-16,24,29-30,36H,6,17-18H2,1-2H3,(H,28,33)(H,31,34). The number of carbonyl (C=O) groups is 3. The van der Waals surface area contributed by atoms with E-state index in [9.17, 15) is 14.4 Å². The van der Waals surface area contributed by atoms with Crippen molar-refractivity contribution in [2.45, 2.75) is 12.5 Å². The quantitative estimate of drug-likeness (QED) is 0.122. The Kier molecular flexibility index (Phi) is 9.41. The smallest absolute Gasteiger partial charge is 0.275 e. The first-order valence-electron chi connectivity index (χ1n) is 11.6. The van der Waals surface area contributed by atoms with Crippen LogP contribution in [0.1, 0.15) is 16.8 Å². The van der Waals surface area contributed by atoms with Crippen molar-refractivity contribution in [2.24, 2.45) is 0 Å². The van der Waals surface area contributed by atoms with Crippen molar-refractivity contribution in [1.29, 1.82) is 0 Å². The Morgan fingerprint density at radius 2 is 1.31 bits per heavy atom. The predicted octanol–water partition coefficient (Wildman–Crippen LogP) is 2.96. The molecule has 0 radical (unpaired) electrons. The summed E-state index contributed by atoms with van der Waals surface area (Å²) < 4.78 is 0. The fourth-order valence-corrected chi connectivity index (χ4v) is 3.69. The molecule has 5 N–H and O–H groups in total. The molecule has 3 aromatic rings. The van der Waals surface area contributed by atoms with Crippen molar-refractivity contribution in [3.8, 4) is 11.1 Å². The third-order valence-corrected chi connectivity index (χ3v) is 5.70. The van der Waals surface area contributed by atoms with Gasteiger partial charge in [-0.05, 0) is 53.9 Å². The van der Waals surface area contributed by atoms with Crippen LogP contribution in [-0.4, -0.2) is 61.1 Å². The molecule has 0 saturated carbocycles. The Labute approximate surface area is 210 Å². The minimum Gasteiger partial charge on any atom is -0.385 e. The number of hydrogen-bond acceptors (Lipinski definition) is 6. The summed E-state index contributed by atoms with van der Waals surface area (Å²) >= 11 is 0. The van der Waals surface area contributed by atoms with Gasteiger partial charge >= 0.3 is 0 Å². The van der Waals surface area contributed by atoms with Gasteiger partial charge in [0.1, 0.15) is 0 Å². The van der Waals surface area contributed by atoms with Gasteiger partial charge in [-0.25, -0.2) is 5.48 Å². The van der Waals surface area contributed by atoms with Crippen LogP contribution in [0.4, 0.5) is 11.4 Å². The zero-order valence-electron chi connectivity index (χ0n) is 20.3. The van der Waals surface area contributed by atoms with E-state index in [0.29, 0.717) is 5.56 Å². The molecule has 0 aliphatic heterocycles. The molecule has 0 bridgehead atoms. The van der Waals surface area contributed by atoms with Crippen LogP contribution < -0.4 is 21.4 Å². The Balaban J connectivity index is 1.54. The largest absolute Gasteiger partial charge is 0.385 e. The van der Waals surface area contributed by atoms with Crippen LogP contribution in [0.5, 0.6) is 0 Å². The number of nitrogens with one attached hydrogen (secondary N) is 4. The molecule has 0 spiro atoms. The number of amides is 3. The number of rotatable bonds is 11. The van der Waals surface area contributed by atoms with Gasteiger partial charge < -0.3 is 20.9 Å². The van der Waals surface area contributed by atoms with E-state index in [1.807, 2.05) is 54.6 Å². The van der Waals surface area contributed by atoms with E-state index < -0.39 is 23.8 Å². The second-order valence-corrected chi connectivity index (χ2v) is 8.14. The maximum atomic E-state index is 12.8. The Morgan fingerprint density at radius 3 is 1.83 bits per heavy atom. The van der Waals surface area contributed by atoms with Gasteiger partial charge in [0.15, 0.2) is 6.04 Å². The second-order valence-electron chi connectivity index (χ2n) is 8.14. The minimum atomic E-state index is -1.50. The Hall–Kier alpha value is -4.37. The summed E-state index contributed by atoms with van der Waals surface area (Å²) in [5.41, 5.74) is 5.78. The van der Waals surface area contributed by atoms with Crippen LogP contribution in [0, 0.1) is 0 Å². The lowest BCUT2D eigenvalue weighted by molar-refractivity contribution is -0.140. The average molecular weight is 490 g/mol. The van der Waals surface area contributed by atoms with Gasteiger partial charge in [0.05, 0.1) is 0 Å². The van der Waals surface area contributed by atoms with E-state index in [-0.39, 0.29) is 0 Å². The van der Waals surface area contributed by atoms with E-state index in [0.717, 1.165) is 46.9 Å². The summed E-state index contributed by atoms with van der Waals surface area (Å²) in [6.07, 6.45) is 0.974. The molecule has 0 saturated heterocycles. The third-order valence-electron chi connectivity index (χ3n) is 5.70. The number of para-hydroxylation sites is 1. The van der Waals surface area contributed by atoms with Crippen molar-refractivity contribution in [1.82, 2.24) is 15.7 Å². The molecule has 9 heteroatoms. The lowest BCUT2D eigenvalue weighted by atomic mass is 10.0. The summed E-state index contributed by atoms with van der Waals surface area (Å²) in [6, 6.07) is 23.5. The van der Waals surface area contributed by atoms with Crippen LogP contribution in [0.15, 0.2) is 78.9 Å². The van der Waals surface area contributed by atoms with Crippen LogP contribution in [-0.2, 0) is 9.59 Å². The van der Waals surface area contributed by atoms with Crippen molar-refractivity contribution in [3.63, 3.8) is 0 Å². The first-order valence-corrected chi connectivity index (χ1v) is 11.6. The first kappa shape index (κ1) is 26.2. The van der Waals surface area contributed by atoms with Gasteiger partial charge in [0.25, 0.3) is 17.7 Å². The van der Waals surface area contributed by atoms with Crippen LogP contribution in [0.25, 0.3) is 11.1 Å². The molecule has 3 amide bonds. The molecule has 0 heterocycles. The average Bonchev–Trinajstić information content (AvgIpc) is 2.93. The lowest BCUT2D eigenvalue weighted by Crippen LogP contribution is -2.54. The molecule has 9 nitrogen and oxygen atoms in total. The Bertz CT molecular complexity index is 1140. The molecule has 0 aliphatic rings.